The van der Waals surface area contributed by atoms with Crippen LogP contribution in [0.2, 0.25) is 0 Å². The van der Waals surface area contributed by atoms with Crippen molar-refractivity contribution in [1.82, 2.24) is 4.90 Å². The van der Waals surface area contributed by atoms with Gasteiger partial charge in [0, 0.05) is 11.6 Å². The lowest BCUT2D eigenvalue weighted by atomic mass is 9.90. The third kappa shape index (κ3) is 3.58. The van der Waals surface area contributed by atoms with Crippen LogP contribution in [0.4, 0.5) is 0 Å². The quantitative estimate of drug-likeness (QED) is 0.831. The predicted molar refractivity (Wildman–Crippen MR) is 85.8 cm³/mol. The lowest BCUT2D eigenvalue weighted by molar-refractivity contribution is 0.0364. The van der Waals surface area contributed by atoms with Crippen LogP contribution in [-0.2, 0) is 0 Å². The maximum Gasteiger partial charge on any atom is 0.258 e. The first-order chi connectivity index (χ1) is 9.95. The highest BCUT2D eigenvalue weighted by atomic mass is 16.5. The summed E-state index contributed by atoms with van der Waals surface area (Å²) in [6.45, 7) is 6.36. The minimum atomic E-state index is -0.181. The molecular weight excluding hydrogens is 262 g/mol. The molecule has 1 aromatic carbocycles. The second kappa shape index (κ2) is 6.50. The summed E-state index contributed by atoms with van der Waals surface area (Å²) in [5.74, 6) is 0.749. The number of nitrogens with zero attached hydrogens (tertiary/aromatic N) is 1. The summed E-state index contributed by atoms with van der Waals surface area (Å²) in [4.78, 5) is 15.2. The summed E-state index contributed by atoms with van der Waals surface area (Å²) in [5.41, 5.74) is 0.487. The molecule has 0 saturated heterocycles. The van der Waals surface area contributed by atoms with Crippen LogP contribution >= 0.6 is 0 Å². The number of hydrogen-bond acceptors (Lipinski definition) is 2. The molecule has 116 valence electrons. The van der Waals surface area contributed by atoms with E-state index < -0.39 is 0 Å². The zero-order chi connectivity index (χ0) is 15.5. The normalized spacial score (nSPS) is 16.6. The van der Waals surface area contributed by atoms with Crippen molar-refractivity contribution in [3.05, 3.63) is 29.8 Å². The molecule has 3 nitrogen and oxygen atoms in total. The van der Waals surface area contributed by atoms with E-state index in [1.54, 1.807) is 7.11 Å². The van der Waals surface area contributed by atoms with Crippen molar-refractivity contribution in [2.75, 3.05) is 7.11 Å². The Hall–Kier alpha value is -1.51. The maximum atomic E-state index is 13.1. The standard InChI is InChI=1S/C18H27NO2/c1-18(2,3)19(14-10-6-5-7-11-14)17(20)15-12-8-9-13-16(15)21-4/h8-9,12-14H,5-7,10-11H2,1-4H3. The van der Waals surface area contributed by atoms with E-state index in [1.165, 1.54) is 19.3 Å². The van der Waals surface area contributed by atoms with E-state index in [4.69, 9.17) is 4.74 Å². The summed E-state index contributed by atoms with van der Waals surface area (Å²) in [5, 5.41) is 0. The number of carbonyl (C=O) groups is 1. The highest BCUT2D eigenvalue weighted by molar-refractivity contribution is 5.97. The molecule has 0 heterocycles. The van der Waals surface area contributed by atoms with Gasteiger partial charge in [-0.25, -0.2) is 0 Å². The Balaban J connectivity index is 2.34. The topological polar surface area (TPSA) is 29.5 Å². The Morgan fingerprint density at radius 2 is 1.76 bits per heavy atom. The number of rotatable bonds is 3. The Morgan fingerprint density at radius 3 is 2.33 bits per heavy atom. The molecule has 0 radical (unpaired) electrons. The van der Waals surface area contributed by atoms with Gasteiger partial charge < -0.3 is 9.64 Å². The van der Waals surface area contributed by atoms with E-state index in [1.807, 2.05) is 24.3 Å². The predicted octanol–water partition coefficient (Wildman–Crippen LogP) is 4.27. The molecule has 0 aromatic heterocycles. The largest absolute Gasteiger partial charge is 0.496 e. The molecule has 1 fully saturated rings. The summed E-state index contributed by atoms with van der Waals surface area (Å²) in [6.07, 6.45) is 5.94. The second-order valence-electron chi connectivity index (χ2n) is 6.84. The SMILES string of the molecule is COc1ccccc1C(=O)N(C1CCCCC1)C(C)(C)C. The fourth-order valence-electron chi connectivity index (χ4n) is 3.31. The van der Waals surface area contributed by atoms with E-state index in [-0.39, 0.29) is 11.4 Å². The number of methoxy groups -OCH3 is 1. The van der Waals surface area contributed by atoms with Crippen molar-refractivity contribution >= 4 is 5.91 Å². The number of para-hydroxylation sites is 1. The first-order valence-corrected chi connectivity index (χ1v) is 7.92. The van der Waals surface area contributed by atoms with E-state index in [9.17, 15) is 4.79 Å². The molecule has 1 amide bonds. The first kappa shape index (κ1) is 15.9. The monoisotopic (exact) mass is 289 g/mol. The van der Waals surface area contributed by atoms with E-state index in [0.29, 0.717) is 17.4 Å². The molecule has 1 saturated carbocycles. The fourth-order valence-corrected chi connectivity index (χ4v) is 3.31. The van der Waals surface area contributed by atoms with Gasteiger partial charge in [-0.3, -0.25) is 4.79 Å². The Kier molecular flexibility index (Phi) is 4.92. The Labute approximate surface area is 128 Å². The third-order valence-electron chi connectivity index (χ3n) is 4.22. The highest BCUT2D eigenvalue weighted by Crippen LogP contribution is 2.31. The fraction of sp³-hybridized carbons (Fsp3) is 0.611. The van der Waals surface area contributed by atoms with E-state index in [2.05, 4.69) is 25.7 Å². The molecule has 1 aliphatic carbocycles. The van der Waals surface area contributed by atoms with Gasteiger partial charge >= 0.3 is 0 Å². The molecule has 1 aliphatic rings. The van der Waals surface area contributed by atoms with Crippen LogP contribution in [0.5, 0.6) is 5.75 Å². The smallest absolute Gasteiger partial charge is 0.258 e. The van der Waals surface area contributed by atoms with Crippen LogP contribution in [0, 0.1) is 0 Å². The van der Waals surface area contributed by atoms with Crippen LogP contribution in [0.15, 0.2) is 24.3 Å². The third-order valence-corrected chi connectivity index (χ3v) is 4.22. The van der Waals surface area contributed by atoms with Gasteiger partial charge in [0.2, 0.25) is 0 Å². The molecule has 0 N–H and O–H groups in total. The second-order valence-corrected chi connectivity index (χ2v) is 6.84. The molecule has 0 spiro atoms. The number of benzene rings is 1. The van der Waals surface area contributed by atoms with Gasteiger partial charge in [0.05, 0.1) is 12.7 Å². The number of ether oxygens (including phenoxy) is 1. The van der Waals surface area contributed by atoms with Crippen LogP contribution in [0.3, 0.4) is 0 Å². The average Bonchev–Trinajstić information content (AvgIpc) is 2.47. The van der Waals surface area contributed by atoms with Crippen molar-refractivity contribution in [2.24, 2.45) is 0 Å². The highest BCUT2D eigenvalue weighted by Gasteiger charge is 2.35. The van der Waals surface area contributed by atoms with Crippen LogP contribution in [0.25, 0.3) is 0 Å². The van der Waals surface area contributed by atoms with Gasteiger partial charge in [-0.1, -0.05) is 31.4 Å². The number of hydrogen-bond donors (Lipinski definition) is 0. The molecule has 0 unspecified atom stereocenters. The van der Waals surface area contributed by atoms with Gasteiger partial charge in [0.15, 0.2) is 0 Å². The number of carbonyl (C=O) groups excluding carboxylic acids is 1. The van der Waals surface area contributed by atoms with Crippen LogP contribution < -0.4 is 4.74 Å². The van der Waals surface area contributed by atoms with Gasteiger partial charge in [0.1, 0.15) is 5.75 Å². The summed E-state index contributed by atoms with van der Waals surface area (Å²) in [6, 6.07) is 7.86. The van der Waals surface area contributed by atoms with Gasteiger partial charge in [-0.2, -0.15) is 0 Å². The van der Waals surface area contributed by atoms with Gasteiger partial charge in [-0.15, -0.1) is 0 Å². The van der Waals surface area contributed by atoms with Crippen molar-refractivity contribution in [1.29, 1.82) is 0 Å². The summed E-state index contributed by atoms with van der Waals surface area (Å²) < 4.78 is 5.37. The minimum absolute atomic E-state index is 0.0897. The van der Waals surface area contributed by atoms with E-state index >= 15 is 0 Å². The Morgan fingerprint density at radius 1 is 1.14 bits per heavy atom. The molecule has 0 aliphatic heterocycles. The molecule has 0 atom stereocenters. The summed E-state index contributed by atoms with van der Waals surface area (Å²) >= 11 is 0. The van der Waals surface area contributed by atoms with Crippen molar-refractivity contribution < 1.29 is 9.53 Å². The van der Waals surface area contributed by atoms with E-state index in [0.717, 1.165) is 12.8 Å². The van der Waals surface area contributed by atoms with Gasteiger partial charge in [0.25, 0.3) is 5.91 Å². The zero-order valence-electron chi connectivity index (χ0n) is 13.7. The van der Waals surface area contributed by atoms with Gasteiger partial charge in [-0.05, 0) is 45.7 Å². The van der Waals surface area contributed by atoms with Crippen molar-refractivity contribution in [3.63, 3.8) is 0 Å². The van der Waals surface area contributed by atoms with Crippen molar-refractivity contribution in [2.45, 2.75) is 64.5 Å². The summed E-state index contributed by atoms with van der Waals surface area (Å²) in [7, 11) is 1.62. The molecule has 3 heteroatoms. The zero-order valence-corrected chi connectivity index (χ0v) is 13.7. The van der Waals surface area contributed by atoms with Crippen LogP contribution in [0.1, 0.15) is 63.2 Å². The molecule has 0 bridgehead atoms. The molecular formula is C18H27NO2. The average molecular weight is 289 g/mol. The van der Waals surface area contributed by atoms with Crippen molar-refractivity contribution in [3.8, 4) is 5.75 Å². The lowest BCUT2D eigenvalue weighted by Crippen LogP contribution is -2.52. The molecule has 2 rings (SSSR count). The minimum Gasteiger partial charge on any atom is -0.496 e. The molecule has 21 heavy (non-hydrogen) atoms. The number of amides is 1. The first-order valence-electron chi connectivity index (χ1n) is 7.92. The molecule has 1 aromatic rings. The maximum absolute atomic E-state index is 13.1. The van der Waals surface area contributed by atoms with Crippen LogP contribution in [-0.4, -0.2) is 29.5 Å². The Bertz CT molecular complexity index is 484. The lowest BCUT2D eigenvalue weighted by Gasteiger charge is -2.43.